The fourth-order valence-corrected chi connectivity index (χ4v) is 3.33. The third-order valence-corrected chi connectivity index (χ3v) is 4.49. The smallest absolute Gasteiger partial charge is 0.228 e. The highest BCUT2D eigenvalue weighted by Crippen LogP contribution is 2.36. The van der Waals surface area contributed by atoms with E-state index in [0.717, 1.165) is 26.9 Å². The molecule has 1 aliphatic rings. The molecule has 108 valence electrons. The highest BCUT2D eigenvalue weighted by molar-refractivity contribution is 9.10. The van der Waals surface area contributed by atoms with Crippen LogP contribution in [0.2, 0.25) is 5.02 Å². The van der Waals surface area contributed by atoms with Crippen molar-refractivity contribution < 1.29 is 9.90 Å². The molecule has 0 saturated carbocycles. The Hall–Kier alpha value is -1.36. The molecule has 2 N–H and O–H groups in total. The van der Waals surface area contributed by atoms with Crippen molar-refractivity contribution in [3.8, 4) is 0 Å². The van der Waals surface area contributed by atoms with Gasteiger partial charge in [-0.1, -0.05) is 33.6 Å². The summed E-state index contributed by atoms with van der Waals surface area (Å²) in [5, 5.41) is 13.8. The van der Waals surface area contributed by atoms with Crippen molar-refractivity contribution in [2.75, 3.05) is 5.32 Å². The number of nitrogens with one attached hydrogen (secondary N) is 1. The molecule has 21 heavy (non-hydrogen) atoms. The first-order chi connectivity index (χ1) is 9.95. The maximum Gasteiger partial charge on any atom is 0.228 e. The number of aliphatic hydroxyl groups excluding tert-OH is 1. The Labute approximate surface area is 136 Å². The minimum Gasteiger partial charge on any atom is -0.384 e. The number of carbonyl (C=O) groups is 1. The molecule has 2 aromatic rings. The second kappa shape index (κ2) is 5.44. The highest BCUT2D eigenvalue weighted by Gasteiger charge is 2.23. The van der Waals surface area contributed by atoms with E-state index >= 15 is 0 Å². The standard InChI is InChI=1S/C16H13BrClNO2/c1-8-4-10(17)2-3-11(8)16(21)12-5-9-6-15(20)19-14(9)7-13(12)18/h2-5,7,16,21H,6H2,1H3,(H,19,20). The van der Waals surface area contributed by atoms with E-state index < -0.39 is 6.10 Å². The number of rotatable bonds is 2. The van der Waals surface area contributed by atoms with Crippen molar-refractivity contribution >= 4 is 39.1 Å². The number of carbonyl (C=O) groups excluding carboxylic acids is 1. The number of halogens is 2. The average Bonchev–Trinajstić information content (AvgIpc) is 2.76. The van der Waals surface area contributed by atoms with Crippen molar-refractivity contribution in [1.82, 2.24) is 0 Å². The minimum atomic E-state index is -0.813. The number of benzene rings is 2. The Bertz CT molecular complexity index is 745. The van der Waals surface area contributed by atoms with Gasteiger partial charge in [0, 0.05) is 20.7 Å². The van der Waals surface area contributed by atoms with Crippen LogP contribution in [-0.4, -0.2) is 11.0 Å². The maximum atomic E-state index is 11.4. The van der Waals surface area contributed by atoms with Gasteiger partial charge in [-0.3, -0.25) is 4.79 Å². The largest absolute Gasteiger partial charge is 0.384 e. The molecule has 0 aromatic heterocycles. The summed E-state index contributed by atoms with van der Waals surface area (Å²) in [6.07, 6.45) is -0.488. The zero-order chi connectivity index (χ0) is 15.1. The van der Waals surface area contributed by atoms with Gasteiger partial charge in [0.2, 0.25) is 5.91 Å². The zero-order valence-electron chi connectivity index (χ0n) is 11.3. The van der Waals surface area contributed by atoms with Gasteiger partial charge in [0.1, 0.15) is 6.10 Å². The van der Waals surface area contributed by atoms with Crippen LogP contribution in [-0.2, 0) is 11.2 Å². The molecule has 1 unspecified atom stereocenters. The molecule has 1 heterocycles. The van der Waals surface area contributed by atoms with Crippen LogP contribution in [0.1, 0.15) is 28.4 Å². The van der Waals surface area contributed by atoms with Crippen molar-refractivity contribution in [3.05, 3.63) is 62.1 Å². The molecule has 1 aliphatic heterocycles. The summed E-state index contributed by atoms with van der Waals surface area (Å²) in [7, 11) is 0. The quantitative estimate of drug-likeness (QED) is 0.844. The Morgan fingerprint density at radius 1 is 1.29 bits per heavy atom. The fraction of sp³-hybridized carbons (Fsp3) is 0.188. The molecule has 0 fully saturated rings. The predicted molar refractivity (Wildman–Crippen MR) is 86.7 cm³/mol. The first kappa shape index (κ1) is 14.6. The summed E-state index contributed by atoms with van der Waals surface area (Å²) < 4.78 is 0.964. The van der Waals surface area contributed by atoms with Crippen LogP contribution in [0.4, 0.5) is 5.69 Å². The van der Waals surface area contributed by atoms with E-state index in [1.54, 1.807) is 6.07 Å². The van der Waals surface area contributed by atoms with Crippen molar-refractivity contribution in [1.29, 1.82) is 0 Å². The van der Waals surface area contributed by atoms with E-state index in [0.29, 0.717) is 17.0 Å². The van der Waals surface area contributed by atoms with Gasteiger partial charge in [-0.05, 0) is 47.9 Å². The van der Waals surface area contributed by atoms with Crippen LogP contribution in [0.5, 0.6) is 0 Å². The Morgan fingerprint density at radius 2 is 2.05 bits per heavy atom. The molecule has 0 spiro atoms. The second-order valence-corrected chi connectivity index (χ2v) is 6.48. The molecule has 1 atom stereocenters. The van der Waals surface area contributed by atoms with Gasteiger partial charge in [-0.15, -0.1) is 0 Å². The minimum absolute atomic E-state index is 0.0486. The van der Waals surface area contributed by atoms with E-state index in [4.69, 9.17) is 11.6 Å². The average molecular weight is 367 g/mol. The van der Waals surface area contributed by atoms with Gasteiger partial charge < -0.3 is 10.4 Å². The summed E-state index contributed by atoms with van der Waals surface area (Å²) in [4.78, 5) is 11.4. The molecule has 5 heteroatoms. The molecule has 3 rings (SSSR count). The maximum absolute atomic E-state index is 11.4. The lowest BCUT2D eigenvalue weighted by atomic mass is 9.95. The van der Waals surface area contributed by atoms with Crippen LogP contribution in [0.25, 0.3) is 0 Å². The summed E-state index contributed by atoms with van der Waals surface area (Å²) >= 11 is 9.67. The molecule has 3 nitrogen and oxygen atoms in total. The predicted octanol–water partition coefficient (Wildman–Crippen LogP) is 3.99. The fourth-order valence-electron chi connectivity index (χ4n) is 2.59. The summed E-state index contributed by atoms with van der Waals surface area (Å²) in [6.45, 7) is 1.94. The molecule has 1 amide bonds. The SMILES string of the molecule is Cc1cc(Br)ccc1C(O)c1cc2c(cc1Cl)NC(=O)C2. The van der Waals surface area contributed by atoms with Crippen LogP contribution in [0.15, 0.2) is 34.8 Å². The van der Waals surface area contributed by atoms with Gasteiger partial charge in [-0.2, -0.15) is 0 Å². The van der Waals surface area contributed by atoms with E-state index in [-0.39, 0.29) is 5.91 Å². The van der Waals surface area contributed by atoms with Crippen molar-refractivity contribution in [2.24, 2.45) is 0 Å². The lowest BCUT2D eigenvalue weighted by molar-refractivity contribution is -0.115. The van der Waals surface area contributed by atoms with Gasteiger partial charge in [0.25, 0.3) is 0 Å². The third kappa shape index (κ3) is 2.71. The normalized spacial score (nSPS) is 14.8. The lowest BCUT2D eigenvalue weighted by Crippen LogP contribution is -2.03. The van der Waals surface area contributed by atoms with Crippen LogP contribution in [0, 0.1) is 6.92 Å². The Balaban J connectivity index is 2.04. The van der Waals surface area contributed by atoms with Gasteiger partial charge in [-0.25, -0.2) is 0 Å². The van der Waals surface area contributed by atoms with E-state index in [1.165, 1.54) is 0 Å². The second-order valence-electron chi connectivity index (χ2n) is 5.16. The topological polar surface area (TPSA) is 49.3 Å². The summed E-state index contributed by atoms with van der Waals surface area (Å²) in [5.41, 5.74) is 4.00. The number of hydrogen-bond donors (Lipinski definition) is 2. The zero-order valence-corrected chi connectivity index (χ0v) is 13.6. The molecule has 2 aromatic carbocycles. The third-order valence-electron chi connectivity index (χ3n) is 3.67. The van der Waals surface area contributed by atoms with Gasteiger partial charge in [0.05, 0.1) is 6.42 Å². The first-order valence-corrected chi connectivity index (χ1v) is 7.69. The molecule has 0 bridgehead atoms. The molecular formula is C16H13BrClNO2. The number of fused-ring (bicyclic) bond motifs is 1. The van der Waals surface area contributed by atoms with E-state index in [9.17, 15) is 9.90 Å². The first-order valence-electron chi connectivity index (χ1n) is 6.52. The van der Waals surface area contributed by atoms with Crippen molar-refractivity contribution in [3.63, 3.8) is 0 Å². The molecule has 0 radical (unpaired) electrons. The number of anilines is 1. The van der Waals surface area contributed by atoms with E-state index in [1.807, 2.05) is 31.2 Å². The number of aliphatic hydroxyl groups is 1. The van der Waals surface area contributed by atoms with Gasteiger partial charge >= 0.3 is 0 Å². The summed E-state index contributed by atoms with van der Waals surface area (Å²) in [5.74, 6) is -0.0486. The van der Waals surface area contributed by atoms with E-state index in [2.05, 4.69) is 21.2 Å². The van der Waals surface area contributed by atoms with Crippen molar-refractivity contribution in [2.45, 2.75) is 19.4 Å². The van der Waals surface area contributed by atoms with Gasteiger partial charge in [0.15, 0.2) is 0 Å². The summed E-state index contributed by atoms with van der Waals surface area (Å²) in [6, 6.07) is 9.22. The number of hydrogen-bond acceptors (Lipinski definition) is 2. The molecule has 0 saturated heterocycles. The highest BCUT2D eigenvalue weighted by atomic mass is 79.9. The van der Waals surface area contributed by atoms with Crippen LogP contribution in [0.3, 0.4) is 0 Å². The van der Waals surface area contributed by atoms with Crippen LogP contribution >= 0.6 is 27.5 Å². The number of amides is 1. The number of aryl methyl sites for hydroxylation is 1. The molecule has 0 aliphatic carbocycles. The lowest BCUT2D eigenvalue weighted by Gasteiger charge is -2.17. The monoisotopic (exact) mass is 365 g/mol. The molecular weight excluding hydrogens is 354 g/mol. The van der Waals surface area contributed by atoms with Crippen LogP contribution < -0.4 is 5.32 Å². The Kier molecular flexibility index (Phi) is 3.78. The Morgan fingerprint density at radius 3 is 2.76 bits per heavy atom.